The predicted molar refractivity (Wildman–Crippen MR) is 81.0 cm³/mol. The molecular formula is C17H14N2O2. The summed E-state index contributed by atoms with van der Waals surface area (Å²) in [5.41, 5.74) is 3.79. The summed E-state index contributed by atoms with van der Waals surface area (Å²) in [4.78, 5) is 27.4. The number of carbonyl (C=O) groups excluding carboxylic acids is 2. The van der Waals surface area contributed by atoms with Crippen LogP contribution in [0.5, 0.6) is 0 Å². The molecule has 21 heavy (non-hydrogen) atoms. The third-order valence-corrected chi connectivity index (χ3v) is 3.57. The third-order valence-electron chi connectivity index (χ3n) is 3.57. The zero-order valence-electron chi connectivity index (χ0n) is 11.6. The van der Waals surface area contributed by atoms with E-state index in [1.807, 2.05) is 54.0 Å². The maximum Gasteiger partial charge on any atom is 0.242 e. The Morgan fingerprint density at radius 1 is 1.33 bits per heavy atom. The molecule has 3 heterocycles. The van der Waals surface area contributed by atoms with E-state index in [1.165, 1.54) is 0 Å². The van der Waals surface area contributed by atoms with Crippen LogP contribution in [0.25, 0.3) is 17.2 Å². The molecule has 0 atom stereocenters. The molecule has 0 saturated carbocycles. The van der Waals surface area contributed by atoms with E-state index in [-0.39, 0.29) is 0 Å². The van der Waals surface area contributed by atoms with Crippen LogP contribution in [-0.2, 0) is 11.3 Å². The number of allylic oxidation sites excluding steroid dienone is 3. The molecule has 0 amide bonds. The molecule has 1 aliphatic heterocycles. The fraction of sp³-hybridized carbons (Fsp3) is 0.118. The van der Waals surface area contributed by atoms with Crippen molar-refractivity contribution in [3.63, 3.8) is 0 Å². The van der Waals surface area contributed by atoms with Gasteiger partial charge >= 0.3 is 0 Å². The molecule has 1 aliphatic rings. The molecule has 0 N–H and O–H groups in total. The molecule has 0 bridgehead atoms. The van der Waals surface area contributed by atoms with Crippen LogP contribution in [0, 0.1) is 6.92 Å². The van der Waals surface area contributed by atoms with Gasteiger partial charge in [0.05, 0.1) is 0 Å². The largest absolute Gasteiger partial charge is 0.334 e. The van der Waals surface area contributed by atoms with Crippen LogP contribution in [0.3, 0.4) is 0 Å². The average Bonchev–Trinajstić information content (AvgIpc) is 2.70. The number of aryl methyl sites for hydroxylation is 1. The number of pyridine rings is 1. The number of aromatic nitrogens is 2. The van der Waals surface area contributed by atoms with E-state index in [2.05, 4.69) is 4.98 Å². The summed E-state index contributed by atoms with van der Waals surface area (Å²) >= 11 is 0. The lowest BCUT2D eigenvalue weighted by atomic mass is 10.0. The summed E-state index contributed by atoms with van der Waals surface area (Å²) < 4.78 is 1.86. The minimum absolute atomic E-state index is 0.371. The maximum atomic E-state index is 12.1. The van der Waals surface area contributed by atoms with Gasteiger partial charge in [0.25, 0.3) is 0 Å². The van der Waals surface area contributed by atoms with Crippen LogP contribution in [0.15, 0.2) is 42.6 Å². The van der Waals surface area contributed by atoms with Crippen LogP contribution in [0.2, 0.25) is 0 Å². The van der Waals surface area contributed by atoms with E-state index in [1.54, 1.807) is 6.20 Å². The maximum absolute atomic E-state index is 12.1. The quantitative estimate of drug-likeness (QED) is 0.493. The number of aldehydes is 1. The first-order valence-electron chi connectivity index (χ1n) is 6.70. The van der Waals surface area contributed by atoms with Gasteiger partial charge in [-0.3, -0.25) is 14.6 Å². The molecule has 104 valence electrons. The Morgan fingerprint density at radius 2 is 2.19 bits per heavy atom. The zero-order valence-corrected chi connectivity index (χ0v) is 11.6. The molecule has 2 aromatic rings. The van der Waals surface area contributed by atoms with Gasteiger partial charge in [-0.1, -0.05) is 24.3 Å². The Labute approximate surface area is 122 Å². The summed E-state index contributed by atoms with van der Waals surface area (Å²) in [6.45, 7) is 2.46. The van der Waals surface area contributed by atoms with E-state index in [0.29, 0.717) is 18.5 Å². The highest BCUT2D eigenvalue weighted by molar-refractivity contribution is 6.34. The zero-order chi connectivity index (χ0) is 14.8. The SMILES string of the molecule is Cc1ncccc1-c1cc2n(c1C(=O)C=O)CC=CC=C2. The Morgan fingerprint density at radius 3 is 2.95 bits per heavy atom. The first-order valence-corrected chi connectivity index (χ1v) is 6.70. The second-order valence-corrected chi connectivity index (χ2v) is 4.85. The number of rotatable bonds is 3. The Hall–Kier alpha value is -2.75. The molecule has 0 aromatic carbocycles. The number of nitrogens with zero attached hydrogens (tertiary/aromatic N) is 2. The Kier molecular flexibility index (Phi) is 3.36. The third kappa shape index (κ3) is 2.25. The fourth-order valence-corrected chi connectivity index (χ4v) is 2.60. The molecule has 0 radical (unpaired) electrons. The molecule has 0 aliphatic carbocycles. The van der Waals surface area contributed by atoms with Crippen LogP contribution in [0.1, 0.15) is 21.9 Å². The minimum atomic E-state index is -0.511. The highest BCUT2D eigenvalue weighted by Crippen LogP contribution is 2.30. The Balaban J connectivity index is 2.29. The summed E-state index contributed by atoms with van der Waals surface area (Å²) in [5.74, 6) is -0.511. The number of hydrogen-bond donors (Lipinski definition) is 0. The molecule has 4 heteroatoms. The number of fused-ring (bicyclic) bond motifs is 1. The summed E-state index contributed by atoms with van der Waals surface area (Å²) in [7, 11) is 0. The van der Waals surface area contributed by atoms with E-state index in [9.17, 15) is 9.59 Å². The minimum Gasteiger partial charge on any atom is -0.334 e. The molecule has 3 rings (SSSR count). The van der Waals surface area contributed by atoms with Crippen LogP contribution in [0.4, 0.5) is 0 Å². The molecule has 4 nitrogen and oxygen atoms in total. The second-order valence-electron chi connectivity index (χ2n) is 4.85. The van der Waals surface area contributed by atoms with Gasteiger partial charge in [0.15, 0.2) is 6.29 Å². The standard InChI is InChI=1S/C17H14N2O2/c1-12-14(7-5-8-18-12)15-10-13-6-3-2-4-9-19(13)17(15)16(21)11-20/h2-8,10-11H,9H2,1H3. The van der Waals surface area contributed by atoms with Crippen molar-refractivity contribution in [2.24, 2.45) is 0 Å². The number of ketones is 1. The number of Topliss-reactive ketones (excluding diaryl/α,β-unsaturated/α-hetero) is 1. The van der Waals surface area contributed by atoms with Crippen molar-refractivity contribution in [2.45, 2.75) is 13.5 Å². The average molecular weight is 278 g/mol. The van der Waals surface area contributed by atoms with E-state index >= 15 is 0 Å². The first-order chi connectivity index (χ1) is 10.2. The predicted octanol–water partition coefficient (Wildman–Crippen LogP) is 2.82. The smallest absolute Gasteiger partial charge is 0.242 e. The number of carbonyl (C=O) groups is 2. The van der Waals surface area contributed by atoms with Crippen LogP contribution in [-0.4, -0.2) is 21.6 Å². The fourth-order valence-electron chi connectivity index (χ4n) is 2.60. The van der Waals surface area contributed by atoms with Crippen molar-refractivity contribution >= 4 is 18.1 Å². The van der Waals surface area contributed by atoms with Crippen molar-refractivity contribution in [1.29, 1.82) is 0 Å². The second kappa shape index (κ2) is 5.32. The molecular weight excluding hydrogens is 264 g/mol. The van der Waals surface area contributed by atoms with Crippen LogP contribution >= 0.6 is 0 Å². The van der Waals surface area contributed by atoms with Gasteiger partial charge in [0, 0.05) is 35.3 Å². The monoisotopic (exact) mass is 278 g/mol. The normalized spacial score (nSPS) is 12.8. The van der Waals surface area contributed by atoms with Gasteiger partial charge in [-0.05, 0) is 25.1 Å². The first kappa shape index (κ1) is 13.2. The molecule has 0 saturated heterocycles. The van der Waals surface area contributed by atoms with Crippen molar-refractivity contribution in [3.05, 3.63) is 59.7 Å². The highest BCUT2D eigenvalue weighted by atomic mass is 16.2. The van der Waals surface area contributed by atoms with Crippen molar-refractivity contribution in [1.82, 2.24) is 9.55 Å². The molecule has 0 spiro atoms. The van der Waals surface area contributed by atoms with Gasteiger partial charge in [-0.25, -0.2) is 0 Å². The van der Waals surface area contributed by atoms with Crippen molar-refractivity contribution in [2.75, 3.05) is 0 Å². The highest BCUT2D eigenvalue weighted by Gasteiger charge is 2.22. The summed E-state index contributed by atoms with van der Waals surface area (Å²) in [6, 6.07) is 5.68. The van der Waals surface area contributed by atoms with E-state index in [4.69, 9.17) is 0 Å². The summed E-state index contributed by atoms with van der Waals surface area (Å²) in [6.07, 6.45) is 9.82. The van der Waals surface area contributed by atoms with Gasteiger partial charge in [0.1, 0.15) is 5.69 Å². The lowest BCUT2D eigenvalue weighted by molar-refractivity contribution is -0.104. The topological polar surface area (TPSA) is 52.0 Å². The molecule has 0 fully saturated rings. The molecule has 0 unspecified atom stereocenters. The van der Waals surface area contributed by atoms with Crippen LogP contribution < -0.4 is 0 Å². The van der Waals surface area contributed by atoms with Gasteiger partial charge in [-0.2, -0.15) is 0 Å². The van der Waals surface area contributed by atoms with E-state index < -0.39 is 5.78 Å². The van der Waals surface area contributed by atoms with E-state index in [0.717, 1.165) is 22.5 Å². The molecule has 2 aromatic heterocycles. The Bertz CT molecular complexity index is 782. The number of hydrogen-bond acceptors (Lipinski definition) is 3. The lowest BCUT2D eigenvalue weighted by Crippen LogP contribution is -2.11. The van der Waals surface area contributed by atoms with Gasteiger partial charge in [0.2, 0.25) is 5.78 Å². The summed E-state index contributed by atoms with van der Waals surface area (Å²) in [5, 5.41) is 0. The van der Waals surface area contributed by atoms with Crippen molar-refractivity contribution < 1.29 is 9.59 Å². The van der Waals surface area contributed by atoms with Gasteiger partial charge < -0.3 is 4.57 Å². The lowest BCUT2D eigenvalue weighted by Gasteiger charge is -2.08. The van der Waals surface area contributed by atoms with Gasteiger partial charge in [-0.15, -0.1) is 0 Å². The van der Waals surface area contributed by atoms with Crippen molar-refractivity contribution in [3.8, 4) is 11.1 Å².